The van der Waals surface area contributed by atoms with Crippen LogP contribution in [0, 0.1) is 12.8 Å². The van der Waals surface area contributed by atoms with Gasteiger partial charge in [0.15, 0.2) is 11.5 Å². The van der Waals surface area contributed by atoms with Crippen LogP contribution in [0.25, 0.3) is 11.1 Å². The first-order valence-corrected chi connectivity index (χ1v) is 9.49. The Labute approximate surface area is 154 Å². The van der Waals surface area contributed by atoms with Crippen molar-refractivity contribution >= 4 is 39.9 Å². The Morgan fingerprint density at radius 1 is 1.27 bits per heavy atom. The van der Waals surface area contributed by atoms with Crippen molar-refractivity contribution in [2.24, 2.45) is 5.92 Å². The van der Waals surface area contributed by atoms with Crippen molar-refractivity contribution in [3.8, 4) is 0 Å². The number of carbonyl (C=O) groups excluding carboxylic acids is 2. The molecule has 1 fully saturated rings. The SMILES string of the molecule is Cc1nc2cc(NC(=O)C3CCN(C(=O)c4cccs4)CC3)ccc2o1. The molecule has 0 radical (unpaired) electrons. The standard InChI is InChI=1S/C19H19N3O3S/c1-12-20-15-11-14(4-5-16(15)25-12)21-18(23)13-6-8-22(9-7-13)19(24)17-3-2-10-26-17/h2-5,10-11,13H,6-9H2,1H3,(H,21,23). The molecule has 7 heteroatoms. The Kier molecular flexibility index (Phi) is 4.46. The van der Waals surface area contributed by atoms with Crippen LogP contribution in [-0.2, 0) is 4.79 Å². The van der Waals surface area contributed by atoms with Gasteiger partial charge in [-0.2, -0.15) is 0 Å². The van der Waals surface area contributed by atoms with Gasteiger partial charge in [0.25, 0.3) is 5.91 Å². The molecule has 0 saturated carbocycles. The third-order valence-electron chi connectivity index (χ3n) is 4.65. The number of aryl methyl sites for hydroxylation is 1. The molecule has 2 amide bonds. The molecule has 0 unspecified atom stereocenters. The molecular weight excluding hydrogens is 350 g/mol. The average molecular weight is 369 g/mol. The highest BCUT2D eigenvalue weighted by Gasteiger charge is 2.28. The topological polar surface area (TPSA) is 75.4 Å². The molecule has 3 heterocycles. The predicted molar refractivity (Wildman–Crippen MR) is 100 cm³/mol. The Balaban J connectivity index is 1.36. The molecule has 0 spiro atoms. The maximum atomic E-state index is 12.6. The number of nitrogens with one attached hydrogen (secondary N) is 1. The van der Waals surface area contributed by atoms with Crippen molar-refractivity contribution in [3.05, 3.63) is 46.5 Å². The van der Waals surface area contributed by atoms with E-state index in [4.69, 9.17) is 4.42 Å². The zero-order valence-corrected chi connectivity index (χ0v) is 15.2. The molecule has 6 nitrogen and oxygen atoms in total. The third-order valence-corrected chi connectivity index (χ3v) is 5.50. The number of benzene rings is 1. The maximum Gasteiger partial charge on any atom is 0.263 e. The largest absolute Gasteiger partial charge is 0.441 e. The summed E-state index contributed by atoms with van der Waals surface area (Å²) in [6, 6.07) is 9.17. The highest BCUT2D eigenvalue weighted by atomic mass is 32.1. The lowest BCUT2D eigenvalue weighted by Gasteiger charge is -2.31. The summed E-state index contributed by atoms with van der Waals surface area (Å²) in [6.45, 7) is 3.01. The number of anilines is 1. The molecule has 1 aromatic carbocycles. The van der Waals surface area contributed by atoms with Gasteiger partial charge in [-0.3, -0.25) is 9.59 Å². The van der Waals surface area contributed by atoms with Crippen LogP contribution < -0.4 is 5.32 Å². The number of amides is 2. The number of oxazole rings is 1. The predicted octanol–water partition coefficient (Wildman–Crippen LogP) is 3.69. The van der Waals surface area contributed by atoms with E-state index in [0.29, 0.717) is 43.1 Å². The number of hydrogen-bond donors (Lipinski definition) is 1. The second-order valence-electron chi connectivity index (χ2n) is 6.45. The van der Waals surface area contributed by atoms with Gasteiger partial charge < -0.3 is 14.6 Å². The monoisotopic (exact) mass is 369 g/mol. The van der Waals surface area contributed by atoms with E-state index in [1.54, 1.807) is 6.92 Å². The molecule has 0 atom stereocenters. The zero-order valence-electron chi connectivity index (χ0n) is 14.4. The lowest BCUT2D eigenvalue weighted by molar-refractivity contribution is -0.121. The molecule has 2 aromatic heterocycles. The van der Waals surface area contributed by atoms with Crippen molar-refractivity contribution < 1.29 is 14.0 Å². The fourth-order valence-electron chi connectivity index (χ4n) is 3.27. The smallest absolute Gasteiger partial charge is 0.263 e. The van der Waals surface area contributed by atoms with E-state index in [1.165, 1.54) is 11.3 Å². The van der Waals surface area contributed by atoms with Gasteiger partial charge in [0.05, 0.1) is 4.88 Å². The molecule has 26 heavy (non-hydrogen) atoms. The summed E-state index contributed by atoms with van der Waals surface area (Å²) in [7, 11) is 0. The van der Waals surface area contributed by atoms with Crippen LogP contribution >= 0.6 is 11.3 Å². The van der Waals surface area contributed by atoms with E-state index < -0.39 is 0 Å². The maximum absolute atomic E-state index is 12.6. The number of likely N-dealkylation sites (tertiary alicyclic amines) is 1. The summed E-state index contributed by atoms with van der Waals surface area (Å²) in [4.78, 5) is 31.8. The molecule has 0 bridgehead atoms. The summed E-state index contributed by atoms with van der Waals surface area (Å²) >= 11 is 1.45. The molecule has 1 aliphatic rings. The summed E-state index contributed by atoms with van der Waals surface area (Å²) in [6.07, 6.45) is 1.35. The molecule has 134 valence electrons. The summed E-state index contributed by atoms with van der Waals surface area (Å²) in [5.41, 5.74) is 2.16. The second-order valence-corrected chi connectivity index (χ2v) is 7.40. The Morgan fingerprint density at radius 2 is 2.08 bits per heavy atom. The number of thiophene rings is 1. The first kappa shape index (κ1) is 16.8. The summed E-state index contributed by atoms with van der Waals surface area (Å²) in [5.74, 6) is 0.571. The molecule has 1 N–H and O–H groups in total. The van der Waals surface area contributed by atoms with Crippen molar-refractivity contribution in [1.82, 2.24) is 9.88 Å². The van der Waals surface area contributed by atoms with Gasteiger partial charge in [-0.1, -0.05) is 6.07 Å². The average Bonchev–Trinajstić information content (AvgIpc) is 3.29. The third kappa shape index (κ3) is 3.35. The van der Waals surface area contributed by atoms with Crippen LogP contribution in [0.2, 0.25) is 0 Å². The number of aromatic nitrogens is 1. The first-order chi connectivity index (χ1) is 12.6. The van der Waals surface area contributed by atoms with Crippen LogP contribution in [0.1, 0.15) is 28.4 Å². The minimum atomic E-state index is -0.0860. The highest BCUT2D eigenvalue weighted by molar-refractivity contribution is 7.12. The Bertz CT molecular complexity index is 940. The minimum Gasteiger partial charge on any atom is -0.441 e. The van der Waals surface area contributed by atoms with Crippen LogP contribution in [-0.4, -0.2) is 34.8 Å². The normalized spacial score (nSPS) is 15.3. The van der Waals surface area contributed by atoms with E-state index in [9.17, 15) is 9.59 Å². The van der Waals surface area contributed by atoms with Gasteiger partial charge in [0.2, 0.25) is 5.91 Å². The second kappa shape index (κ2) is 6.92. The van der Waals surface area contributed by atoms with Crippen LogP contribution in [0.3, 0.4) is 0 Å². The van der Waals surface area contributed by atoms with Crippen LogP contribution in [0.5, 0.6) is 0 Å². The number of rotatable bonds is 3. The minimum absolute atomic E-state index is 0.00668. The van der Waals surface area contributed by atoms with E-state index in [1.807, 2.05) is 40.6 Å². The van der Waals surface area contributed by atoms with E-state index in [2.05, 4.69) is 10.3 Å². The Morgan fingerprint density at radius 3 is 2.81 bits per heavy atom. The number of carbonyl (C=O) groups is 2. The van der Waals surface area contributed by atoms with Gasteiger partial charge in [-0.15, -0.1) is 11.3 Å². The first-order valence-electron chi connectivity index (χ1n) is 8.61. The molecular formula is C19H19N3O3S. The van der Waals surface area contributed by atoms with Crippen molar-refractivity contribution in [3.63, 3.8) is 0 Å². The summed E-state index contributed by atoms with van der Waals surface area (Å²) in [5, 5.41) is 4.87. The van der Waals surface area contributed by atoms with Crippen molar-refractivity contribution in [1.29, 1.82) is 0 Å². The number of hydrogen-bond acceptors (Lipinski definition) is 5. The van der Waals surface area contributed by atoms with Gasteiger partial charge in [0, 0.05) is 31.6 Å². The fourth-order valence-corrected chi connectivity index (χ4v) is 3.96. The van der Waals surface area contributed by atoms with Gasteiger partial charge in [0.1, 0.15) is 5.52 Å². The molecule has 3 aromatic rings. The Hall–Kier alpha value is -2.67. The van der Waals surface area contributed by atoms with Crippen LogP contribution in [0.4, 0.5) is 5.69 Å². The molecule has 0 aliphatic carbocycles. The van der Waals surface area contributed by atoms with E-state index in [-0.39, 0.29) is 17.7 Å². The van der Waals surface area contributed by atoms with Gasteiger partial charge in [-0.05, 0) is 42.5 Å². The van der Waals surface area contributed by atoms with E-state index >= 15 is 0 Å². The van der Waals surface area contributed by atoms with Gasteiger partial charge >= 0.3 is 0 Å². The zero-order chi connectivity index (χ0) is 18.1. The fraction of sp³-hybridized carbons (Fsp3) is 0.316. The van der Waals surface area contributed by atoms with Crippen molar-refractivity contribution in [2.45, 2.75) is 19.8 Å². The lowest BCUT2D eigenvalue weighted by Crippen LogP contribution is -2.41. The van der Waals surface area contributed by atoms with E-state index in [0.717, 1.165) is 10.4 Å². The number of fused-ring (bicyclic) bond motifs is 1. The molecule has 1 saturated heterocycles. The van der Waals surface area contributed by atoms with Crippen LogP contribution in [0.15, 0.2) is 40.1 Å². The molecule has 1 aliphatic heterocycles. The lowest BCUT2D eigenvalue weighted by atomic mass is 9.95. The van der Waals surface area contributed by atoms with Gasteiger partial charge in [-0.25, -0.2) is 4.98 Å². The highest BCUT2D eigenvalue weighted by Crippen LogP contribution is 2.24. The number of nitrogens with zero attached hydrogens (tertiary/aromatic N) is 2. The summed E-state index contributed by atoms with van der Waals surface area (Å²) < 4.78 is 5.45. The van der Waals surface area contributed by atoms with Crippen molar-refractivity contribution in [2.75, 3.05) is 18.4 Å². The molecule has 4 rings (SSSR count). The number of piperidine rings is 1. The quantitative estimate of drug-likeness (QED) is 0.764.